The summed E-state index contributed by atoms with van der Waals surface area (Å²) in [6, 6.07) is 9.48. The molecule has 0 saturated carbocycles. The molecule has 0 bridgehead atoms. The molecule has 0 fully saturated rings. The number of ether oxygens (including phenoxy) is 1. The molecule has 1 N–H and O–H groups in total. The van der Waals surface area contributed by atoms with Gasteiger partial charge in [-0.3, -0.25) is 9.48 Å². The first-order valence-corrected chi connectivity index (χ1v) is 9.10. The largest absolute Gasteiger partial charge is 0.497 e. The predicted molar refractivity (Wildman–Crippen MR) is 106 cm³/mol. The van der Waals surface area contributed by atoms with E-state index in [1.165, 1.54) is 0 Å². The van der Waals surface area contributed by atoms with Crippen LogP contribution in [-0.4, -0.2) is 22.8 Å². The SMILES string of the molecule is CCn1cc(NC(=O)c2c(C)cc(CCc3ccc(OC)cc3)oc2=O)cn1. The van der Waals surface area contributed by atoms with Crippen LogP contribution in [0.4, 0.5) is 5.69 Å². The molecule has 7 nitrogen and oxygen atoms in total. The van der Waals surface area contributed by atoms with Gasteiger partial charge in [0.25, 0.3) is 5.91 Å². The first-order valence-electron chi connectivity index (χ1n) is 9.10. The highest BCUT2D eigenvalue weighted by molar-refractivity contribution is 6.04. The summed E-state index contributed by atoms with van der Waals surface area (Å²) < 4.78 is 12.2. The van der Waals surface area contributed by atoms with Crippen molar-refractivity contribution in [3.05, 3.63) is 75.6 Å². The quantitative estimate of drug-likeness (QED) is 0.679. The second kappa shape index (κ2) is 8.56. The van der Waals surface area contributed by atoms with E-state index in [1.54, 1.807) is 37.2 Å². The Hall–Kier alpha value is -3.35. The third-order valence-electron chi connectivity index (χ3n) is 4.46. The van der Waals surface area contributed by atoms with Crippen LogP contribution in [0.3, 0.4) is 0 Å². The van der Waals surface area contributed by atoms with Gasteiger partial charge in [-0.05, 0) is 49.6 Å². The standard InChI is InChI=1S/C21H23N3O4/c1-4-24-13-16(12-22-24)23-20(25)19-14(2)11-18(28-21(19)26)10-7-15-5-8-17(27-3)9-6-15/h5-6,8-9,11-13H,4,7,10H2,1-3H3,(H,23,25). The Labute approximate surface area is 162 Å². The van der Waals surface area contributed by atoms with Crippen LogP contribution in [-0.2, 0) is 19.4 Å². The van der Waals surface area contributed by atoms with Crippen molar-refractivity contribution in [2.24, 2.45) is 0 Å². The van der Waals surface area contributed by atoms with Crippen molar-refractivity contribution in [2.45, 2.75) is 33.2 Å². The van der Waals surface area contributed by atoms with E-state index < -0.39 is 11.5 Å². The van der Waals surface area contributed by atoms with Gasteiger partial charge in [-0.1, -0.05) is 12.1 Å². The summed E-state index contributed by atoms with van der Waals surface area (Å²) in [5.74, 6) is 0.850. The summed E-state index contributed by atoms with van der Waals surface area (Å²) in [6.07, 6.45) is 4.53. The number of aryl methyl sites for hydroxylation is 4. The smallest absolute Gasteiger partial charge is 0.349 e. The highest BCUT2D eigenvalue weighted by Gasteiger charge is 2.17. The van der Waals surface area contributed by atoms with Gasteiger partial charge in [0.2, 0.25) is 0 Å². The predicted octanol–water partition coefficient (Wildman–Crippen LogP) is 3.21. The Balaban J connectivity index is 1.70. The maximum atomic E-state index is 12.5. The van der Waals surface area contributed by atoms with E-state index in [1.807, 2.05) is 31.2 Å². The maximum Gasteiger partial charge on any atom is 0.349 e. The highest BCUT2D eigenvalue weighted by Crippen LogP contribution is 2.15. The van der Waals surface area contributed by atoms with Gasteiger partial charge in [0.15, 0.2) is 0 Å². The average molecular weight is 381 g/mol. The minimum Gasteiger partial charge on any atom is -0.497 e. The van der Waals surface area contributed by atoms with Crippen molar-refractivity contribution >= 4 is 11.6 Å². The van der Waals surface area contributed by atoms with Crippen molar-refractivity contribution < 1.29 is 13.9 Å². The van der Waals surface area contributed by atoms with E-state index >= 15 is 0 Å². The number of nitrogens with one attached hydrogen (secondary N) is 1. The van der Waals surface area contributed by atoms with E-state index in [9.17, 15) is 9.59 Å². The molecule has 7 heteroatoms. The van der Waals surface area contributed by atoms with Gasteiger partial charge in [-0.25, -0.2) is 4.79 Å². The molecule has 1 aromatic carbocycles. The fourth-order valence-electron chi connectivity index (χ4n) is 2.92. The first kappa shape index (κ1) is 19.4. The van der Waals surface area contributed by atoms with Crippen molar-refractivity contribution in [1.29, 1.82) is 0 Å². The summed E-state index contributed by atoms with van der Waals surface area (Å²) in [7, 11) is 1.63. The zero-order chi connectivity index (χ0) is 20.1. The molecule has 0 saturated heterocycles. The van der Waals surface area contributed by atoms with Crippen LogP contribution >= 0.6 is 0 Å². The minimum atomic E-state index is -0.634. The number of methoxy groups -OCH3 is 1. The number of rotatable bonds is 7. The van der Waals surface area contributed by atoms with Crippen molar-refractivity contribution in [1.82, 2.24) is 9.78 Å². The fourth-order valence-corrected chi connectivity index (χ4v) is 2.92. The molecule has 146 valence electrons. The molecule has 0 aliphatic heterocycles. The number of carbonyl (C=O) groups is 1. The molecule has 0 spiro atoms. The Morgan fingerprint density at radius 1 is 1.25 bits per heavy atom. The molecule has 3 aromatic rings. The number of hydrogen-bond acceptors (Lipinski definition) is 5. The van der Waals surface area contributed by atoms with Crippen LogP contribution in [0.15, 0.2) is 51.9 Å². The van der Waals surface area contributed by atoms with Gasteiger partial charge >= 0.3 is 5.63 Å². The van der Waals surface area contributed by atoms with Crippen LogP contribution in [0.2, 0.25) is 0 Å². The number of aromatic nitrogens is 2. The monoisotopic (exact) mass is 381 g/mol. The molecule has 0 radical (unpaired) electrons. The Morgan fingerprint density at radius 3 is 2.61 bits per heavy atom. The van der Waals surface area contributed by atoms with Crippen LogP contribution < -0.4 is 15.7 Å². The number of amides is 1. The lowest BCUT2D eigenvalue weighted by atomic mass is 10.1. The average Bonchev–Trinajstić information content (AvgIpc) is 3.13. The highest BCUT2D eigenvalue weighted by atomic mass is 16.5. The zero-order valence-corrected chi connectivity index (χ0v) is 16.2. The van der Waals surface area contributed by atoms with Crippen LogP contribution in [0.5, 0.6) is 5.75 Å². The third kappa shape index (κ3) is 4.49. The molecule has 3 rings (SSSR count). The molecule has 0 unspecified atom stereocenters. The van der Waals surface area contributed by atoms with Gasteiger partial charge in [-0.2, -0.15) is 5.10 Å². The van der Waals surface area contributed by atoms with Crippen LogP contribution in [0, 0.1) is 6.92 Å². The van der Waals surface area contributed by atoms with Crippen molar-refractivity contribution in [2.75, 3.05) is 12.4 Å². The molecule has 28 heavy (non-hydrogen) atoms. The molecular formula is C21H23N3O4. The summed E-state index contributed by atoms with van der Waals surface area (Å²) in [5.41, 5.74) is 1.61. The van der Waals surface area contributed by atoms with Gasteiger partial charge in [0.1, 0.15) is 17.1 Å². The van der Waals surface area contributed by atoms with Crippen molar-refractivity contribution in [3.63, 3.8) is 0 Å². The van der Waals surface area contributed by atoms with Gasteiger partial charge in [-0.15, -0.1) is 0 Å². The van der Waals surface area contributed by atoms with E-state index in [0.29, 0.717) is 36.4 Å². The minimum absolute atomic E-state index is 0.0115. The van der Waals surface area contributed by atoms with E-state index in [0.717, 1.165) is 11.3 Å². The molecule has 0 atom stereocenters. The lowest BCUT2D eigenvalue weighted by molar-refractivity contribution is 0.102. The third-order valence-corrected chi connectivity index (χ3v) is 4.46. The Bertz CT molecular complexity index is 1020. The fraction of sp³-hybridized carbons (Fsp3) is 0.286. The maximum absolute atomic E-state index is 12.5. The Morgan fingerprint density at radius 2 is 2.00 bits per heavy atom. The van der Waals surface area contributed by atoms with Gasteiger partial charge in [0.05, 0.1) is 19.0 Å². The number of carbonyl (C=O) groups excluding carboxylic acids is 1. The Kier molecular flexibility index (Phi) is 5.93. The van der Waals surface area contributed by atoms with Crippen LogP contribution in [0.25, 0.3) is 0 Å². The second-order valence-electron chi connectivity index (χ2n) is 6.45. The molecule has 0 aliphatic carbocycles. The molecule has 0 aliphatic rings. The van der Waals surface area contributed by atoms with E-state index in [4.69, 9.17) is 9.15 Å². The lowest BCUT2D eigenvalue weighted by Gasteiger charge is -2.07. The van der Waals surface area contributed by atoms with Crippen LogP contribution in [0.1, 0.15) is 34.2 Å². The molecular weight excluding hydrogens is 358 g/mol. The summed E-state index contributed by atoms with van der Waals surface area (Å²) >= 11 is 0. The number of benzene rings is 1. The number of anilines is 1. The van der Waals surface area contributed by atoms with Gasteiger partial charge < -0.3 is 14.5 Å². The first-order chi connectivity index (χ1) is 13.5. The van der Waals surface area contributed by atoms with E-state index in [2.05, 4.69) is 10.4 Å². The normalized spacial score (nSPS) is 10.7. The molecule has 2 heterocycles. The summed E-state index contributed by atoms with van der Waals surface area (Å²) in [4.78, 5) is 24.9. The molecule has 1 amide bonds. The summed E-state index contributed by atoms with van der Waals surface area (Å²) in [5, 5.41) is 6.79. The van der Waals surface area contributed by atoms with E-state index in [-0.39, 0.29) is 5.56 Å². The lowest BCUT2D eigenvalue weighted by Crippen LogP contribution is -2.23. The number of hydrogen-bond donors (Lipinski definition) is 1. The van der Waals surface area contributed by atoms with Gasteiger partial charge in [0, 0.05) is 19.2 Å². The topological polar surface area (TPSA) is 86.4 Å². The molecule has 2 aromatic heterocycles. The van der Waals surface area contributed by atoms with Crippen molar-refractivity contribution in [3.8, 4) is 5.75 Å². The second-order valence-corrected chi connectivity index (χ2v) is 6.45. The number of nitrogens with zero attached hydrogens (tertiary/aromatic N) is 2. The zero-order valence-electron chi connectivity index (χ0n) is 16.2. The summed E-state index contributed by atoms with van der Waals surface area (Å²) in [6.45, 7) is 4.38.